The maximum Gasteiger partial charge on any atom is 0.177 e. The highest BCUT2D eigenvalue weighted by atomic mass is 16.5. The lowest BCUT2D eigenvalue weighted by molar-refractivity contribution is -0.114. The third kappa shape index (κ3) is 3.33. The summed E-state index contributed by atoms with van der Waals surface area (Å²) in [4.78, 5) is 19.1. The molecule has 5 nitrogen and oxygen atoms in total. The molecule has 0 radical (unpaired) electrons. The third-order valence-electron chi connectivity index (χ3n) is 5.23. The fourth-order valence-electron chi connectivity index (χ4n) is 3.53. The van der Waals surface area contributed by atoms with Gasteiger partial charge in [0.1, 0.15) is 0 Å². The summed E-state index contributed by atoms with van der Waals surface area (Å²) in [6.07, 6.45) is 9.57. The van der Waals surface area contributed by atoms with Crippen LogP contribution >= 0.6 is 0 Å². The van der Waals surface area contributed by atoms with Gasteiger partial charge < -0.3 is 14.4 Å². The van der Waals surface area contributed by atoms with Gasteiger partial charge in [-0.25, -0.2) is 0 Å². The van der Waals surface area contributed by atoms with Gasteiger partial charge in [0, 0.05) is 45.5 Å². The number of rotatable bonds is 4. The van der Waals surface area contributed by atoms with Crippen molar-refractivity contribution in [1.29, 1.82) is 0 Å². The summed E-state index contributed by atoms with van der Waals surface area (Å²) in [5.41, 5.74) is 4.00. The van der Waals surface area contributed by atoms with Crippen LogP contribution in [-0.4, -0.2) is 48.6 Å². The molecule has 0 atom stereocenters. The summed E-state index contributed by atoms with van der Waals surface area (Å²) in [7, 11) is 3.40. The Morgan fingerprint density at radius 3 is 2.68 bits per heavy atom. The Morgan fingerprint density at radius 1 is 1.36 bits per heavy atom. The van der Waals surface area contributed by atoms with Crippen LogP contribution in [0.3, 0.4) is 0 Å². The number of pyridine rings is 1. The number of terminal acetylenes is 1. The molecule has 0 aromatic carbocycles. The molecule has 5 heteroatoms. The number of hydrogen-bond acceptors (Lipinski definition) is 5. The quantitative estimate of drug-likeness (QED) is 0.787. The molecule has 1 aliphatic heterocycles. The van der Waals surface area contributed by atoms with Crippen LogP contribution in [0.25, 0.3) is 5.70 Å². The molecule has 1 aliphatic carbocycles. The molecule has 0 saturated carbocycles. The van der Waals surface area contributed by atoms with Gasteiger partial charge in [0.2, 0.25) is 0 Å². The molecule has 2 heterocycles. The van der Waals surface area contributed by atoms with Crippen molar-refractivity contribution >= 4 is 11.5 Å². The van der Waals surface area contributed by atoms with E-state index in [1.54, 1.807) is 20.4 Å². The van der Waals surface area contributed by atoms with E-state index in [9.17, 15) is 4.79 Å². The Hall–Kier alpha value is -2.16. The van der Waals surface area contributed by atoms with Crippen molar-refractivity contribution in [3.8, 4) is 12.3 Å². The number of ether oxygens (including phenoxy) is 2. The van der Waals surface area contributed by atoms with Crippen molar-refractivity contribution in [2.45, 2.75) is 38.4 Å². The lowest BCUT2D eigenvalue weighted by Crippen LogP contribution is -2.43. The van der Waals surface area contributed by atoms with Crippen molar-refractivity contribution in [2.24, 2.45) is 0 Å². The molecule has 0 N–H and O–H groups in total. The minimum Gasteiger partial charge on any atom is -0.378 e. The minimum absolute atomic E-state index is 0.00799. The van der Waals surface area contributed by atoms with Gasteiger partial charge in [0.15, 0.2) is 5.78 Å². The van der Waals surface area contributed by atoms with Crippen molar-refractivity contribution in [1.82, 2.24) is 9.88 Å². The van der Waals surface area contributed by atoms with Crippen molar-refractivity contribution in [2.75, 3.05) is 27.3 Å². The second-order valence-corrected chi connectivity index (χ2v) is 6.87. The topological polar surface area (TPSA) is 51.7 Å². The van der Waals surface area contributed by atoms with E-state index in [1.165, 1.54) is 0 Å². The molecule has 0 spiro atoms. The molecule has 3 rings (SSSR count). The third-order valence-corrected chi connectivity index (χ3v) is 5.23. The lowest BCUT2D eigenvalue weighted by Gasteiger charge is -2.41. The number of methoxy groups -OCH3 is 2. The Balaban J connectivity index is 2.02. The normalized spacial score (nSPS) is 19.6. The molecule has 132 valence electrons. The molecule has 1 saturated heterocycles. The zero-order valence-corrected chi connectivity index (χ0v) is 15.1. The fraction of sp³-hybridized carbons (Fsp3) is 0.500. The van der Waals surface area contributed by atoms with Gasteiger partial charge in [0.25, 0.3) is 0 Å². The molecule has 1 aromatic heterocycles. The number of carbonyl (C=O) groups is 1. The maximum atomic E-state index is 12.5. The van der Waals surface area contributed by atoms with Gasteiger partial charge in [0.05, 0.1) is 29.2 Å². The average Bonchev–Trinajstić information content (AvgIpc) is 2.62. The van der Waals surface area contributed by atoms with E-state index in [1.807, 2.05) is 6.07 Å². The van der Waals surface area contributed by atoms with Crippen LogP contribution in [0.1, 0.15) is 36.6 Å². The van der Waals surface area contributed by atoms with Crippen molar-refractivity contribution < 1.29 is 14.3 Å². The number of piperidine rings is 1. The number of hydrogen-bond donors (Lipinski definition) is 0. The smallest absolute Gasteiger partial charge is 0.177 e. The Morgan fingerprint density at radius 2 is 2.08 bits per heavy atom. The van der Waals surface area contributed by atoms with Gasteiger partial charge >= 0.3 is 0 Å². The van der Waals surface area contributed by atoms with Gasteiger partial charge in [-0.2, -0.15) is 0 Å². The Labute approximate surface area is 149 Å². The molecular weight excluding hydrogens is 316 g/mol. The van der Waals surface area contributed by atoms with E-state index in [0.29, 0.717) is 18.6 Å². The van der Waals surface area contributed by atoms with Crippen LogP contribution in [-0.2, 0) is 27.3 Å². The average molecular weight is 340 g/mol. The van der Waals surface area contributed by atoms with Crippen LogP contribution in [0.5, 0.6) is 0 Å². The highest BCUT2D eigenvalue weighted by Crippen LogP contribution is 2.36. The molecular formula is C20H24N2O3. The largest absolute Gasteiger partial charge is 0.378 e. The lowest BCUT2D eigenvalue weighted by atomic mass is 9.86. The maximum absolute atomic E-state index is 12.5. The number of likely N-dealkylation sites (tertiary alicyclic amines) is 1. The standard InChI is InChI=1S/C20H24N2O3/c1-5-16-18(23)10-14-12-21-15(13-24-3)11-17(14)19(16)22-8-6-20(2,25-4)7-9-22/h1,11-12H,6-10,13H2,2-4H3. The van der Waals surface area contributed by atoms with E-state index in [0.717, 1.165) is 48.4 Å². The number of carbonyl (C=O) groups excluding carboxylic acids is 1. The van der Waals surface area contributed by atoms with Gasteiger partial charge in [-0.1, -0.05) is 5.92 Å². The summed E-state index contributed by atoms with van der Waals surface area (Å²) in [6.45, 7) is 4.17. The van der Waals surface area contributed by atoms with Crippen molar-refractivity contribution in [3.05, 3.63) is 34.7 Å². The van der Waals surface area contributed by atoms with E-state index >= 15 is 0 Å². The van der Waals surface area contributed by atoms with E-state index in [-0.39, 0.29) is 11.4 Å². The number of aromatic nitrogens is 1. The SMILES string of the molecule is C#CC1=C(N2CCC(C)(OC)CC2)c2cc(COC)ncc2CC1=O. The first-order valence-corrected chi connectivity index (χ1v) is 8.52. The number of fused-ring (bicyclic) bond motifs is 1. The minimum atomic E-state index is -0.117. The van der Waals surface area contributed by atoms with Gasteiger partial charge in [-0.05, 0) is 31.4 Å². The number of ketones is 1. The summed E-state index contributed by atoms with van der Waals surface area (Å²) in [5, 5.41) is 0. The zero-order chi connectivity index (χ0) is 18.0. The van der Waals surface area contributed by atoms with Gasteiger partial charge in [-0.15, -0.1) is 6.42 Å². The summed E-state index contributed by atoms with van der Waals surface area (Å²) < 4.78 is 10.8. The molecule has 1 fully saturated rings. The first kappa shape index (κ1) is 17.7. The van der Waals surface area contributed by atoms with Crippen LogP contribution in [0.15, 0.2) is 17.8 Å². The monoisotopic (exact) mass is 340 g/mol. The fourth-order valence-corrected chi connectivity index (χ4v) is 3.53. The molecule has 0 bridgehead atoms. The van der Waals surface area contributed by atoms with E-state index < -0.39 is 0 Å². The van der Waals surface area contributed by atoms with Crippen LogP contribution in [0.4, 0.5) is 0 Å². The van der Waals surface area contributed by atoms with Crippen LogP contribution in [0.2, 0.25) is 0 Å². The van der Waals surface area contributed by atoms with Crippen LogP contribution in [0, 0.1) is 12.3 Å². The first-order chi connectivity index (χ1) is 12.0. The first-order valence-electron chi connectivity index (χ1n) is 8.52. The number of Topliss-reactive ketones (excluding diaryl/α,β-unsaturated/α-hetero) is 1. The Kier molecular flexibility index (Phi) is 4.94. The molecule has 0 unspecified atom stereocenters. The van der Waals surface area contributed by atoms with Crippen molar-refractivity contribution in [3.63, 3.8) is 0 Å². The summed E-state index contributed by atoms with van der Waals surface area (Å²) in [6, 6.07) is 2.00. The van der Waals surface area contributed by atoms with Crippen LogP contribution < -0.4 is 0 Å². The zero-order valence-electron chi connectivity index (χ0n) is 15.1. The molecule has 0 amide bonds. The second kappa shape index (κ2) is 6.99. The molecule has 1 aromatic rings. The number of allylic oxidation sites excluding steroid dienone is 1. The number of nitrogens with zero attached hydrogens (tertiary/aromatic N) is 2. The second-order valence-electron chi connectivity index (χ2n) is 6.87. The van der Waals surface area contributed by atoms with Gasteiger partial charge in [-0.3, -0.25) is 9.78 Å². The van der Waals surface area contributed by atoms with E-state index in [4.69, 9.17) is 15.9 Å². The van der Waals surface area contributed by atoms with E-state index in [2.05, 4.69) is 22.7 Å². The highest BCUT2D eigenvalue weighted by Gasteiger charge is 2.34. The predicted molar refractivity (Wildman–Crippen MR) is 95.6 cm³/mol. The summed E-state index contributed by atoms with van der Waals surface area (Å²) in [5.74, 6) is 2.63. The Bertz CT molecular complexity index is 753. The molecule has 25 heavy (non-hydrogen) atoms. The summed E-state index contributed by atoms with van der Waals surface area (Å²) >= 11 is 0. The highest BCUT2D eigenvalue weighted by molar-refractivity contribution is 6.10. The molecule has 2 aliphatic rings. The predicted octanol–water partition coefficient (Wildman–Crippen LogP) is 2.20.